The first kappa shape index (κ1) is 15.0. The molecule has 0 saturated carbocycles. The van der Waals surface area contributed by atoms with Gasteiger partial charge in [0.1, 0.15) is 5.92 Å². The maximum Gasteiger partial charge on any atom is 0.316 e. The summed E-state index contributed by atoms with van der Waals surface area (Å²) in [6.07, 6.45) is 0.813. The largest absolute Gasteiger partial charge is 0.481 e. The molecule has 1 saturated heterocycles. The molecular formula is C13H23NO4. The van der Waals surface area contributed by atoms with E-state index in [4.69, 9.17) is 0 Å². The van der Waals surface area contributed by atoms with Crippen LogP contribution in [0.4, 0.5) is 0 Å². The highest BCUT2D eigenvalue weighted by molar-refractivity contribution is 5.98. The van der Waals surface area contributed by atoms with E-state index in [0.717, 1.165) is 6.42 Å². The zero-order chi connectivity index (χ0) is 14.1. The molecule has 1 aliphatic rings. The van der Waals surface area contributed by atoms with E-state index >= 15 is 0 Å². The van der Waals surface area contributed by atoms with Gasteiger partial charge in [0.05, 0.1) is 12.6 Å². The molecule has 1 aliphatic heterocycles. The zero-order valence-electron chi connectivity index (χ0n) is 11.5. The highest BCUT2D eigenvalue weighted by atomic mass is 16.4. The Morgan fingerprint density at radius 2 is 1.94 bits per heavy atom. The van der Waals surface area contributed by atoms with Crippen molar-refractivity contribution in [1.29, 1.82) is 0 Å². The molecule has 0 spiro atoms. The fraction of sp³-hybridized carbons (Fsp3) is 0.846. The normalized spacial score (nSPS) is 26.2. The van der Waals surface area contributed by atoms with Gasteiger partial charge >= 0.3 is 5.97 Å². The predicted molar refractivity (Wildman–Crippen MR) is 66.9 cm³/mol. The predicted octanol–water partition coefficient (Wildman–Crippen LogP) is 0.963. The first-order chi connectivity index (χ1) is 8.20. The Hall–Kier alpha value is -1.10. The summed E-state index contributed by atoms with van der Waals surface area (Å²) in [7, 11) is 0. The molecule has 1 amide bonds. The molecule has 5 nitrogen and oxygen atoms in total. The van der Waals surface area contributed by atoms with Crippen LogP contribution < -0.4 is 0 Å². The van der Waals surface area contributed by atoms with Crippen molar-refractivity contribution in [3.63, 3.8) is 0 Å². The Kier molecular flexibility index (Phi) is 4.37. The molecule has 0 radical (unpaired) electrons. The van der Waals surface area contributed by atoms with E-state index < -0.39 is 17.3 Å². The number of aliphatic hydroxyl groups is 1. The van der Waals surface area contributed by atoms with Crippen molar-refractivity contribution in [2.45, 2.75) is 40.2 Å². The van der Waals surface area contributed by atoms with E-state index in [2.05, 4.69) is 0 Å². The van der Waals surface area contributed by atoms with Gasteiger partial charge in [0, 0.05) is 6.54 Å². The van der Waals surface area contributed by atoms with Crippen LogP contribution in [0.2, 0.25) is 0 Å². The minimum Gasteiger partial charge on any atom is -0.481 e. The summed E-state index contributed by atoms with van der Waals surface area (Å²) >= 11 is 0. The summed E-state index contributed by atoms with van der Waals surface area (Å²) in [5.41, 5.74) is -0.630. The number of aliphatic carboxylic acids is 1. The number of carbonyl (C=O) groups is 2. The number of aliphatic hydroxyl groups excluding tert-OH is 1. The number of likely N-dealkylation sites (tertiary alicyclic amines) is 1. The van der Waals surface area contributed by atoms with Gasteiger partial charge in [-0.05, 0) is 17.8 Å². The van der Waals surface area contributed by atoms with Crippen LogP contribution in [0, 0.1) is 17.3 Å². The maximum atomic E-state index is 12.4. The Balaban J connectivity index is 2.94. The number of carboxylic acid groups (broad SMARTS) is 1. The average molecular weight is 257 g/mol. The molecule has 1 fully saturated rings. The van der Waals surface area contributed by atoms with E-state index in [9.17, 15) is 19.8 Å². The Morgan fingerprint density at radius 1 is 1.39 bits per heavy atom. The van der Waals surface area contributed by atoms with E-state index in [-0.39, 0.29) is 24.5 Å². The quantitative estimate of drug-likeness (QED) is 0.738. The molecule has 0 aromatic rings. The lowest BCUT2D eigenvalue weighted by atomic mass is 9.79. The Bertz CT molecular complexity index is 334. The SMILES string of the molecule is CC1CCN(C(=O)C(C(=O)O)C(C)(C)C)C1CO. The lowest BCUT2D eigenvalue weighted by molar-refractivity contribution is -0.157. The average Bonchev–Trinajstić information content (AvgIpc) is 2.56. The number of carboxylic acids is 1. The third kappa shape index (κ3) is 2.83. The van der Waals surface area contributed by atoms with E-state index in [1.54, 1.807) is 20.8 Å². The molecule has 5 heteroatoms. The summed E-state index contributed by atoms with van der Waals surface area (Å²) in [6, 6.07) is -0.248. The second kappa shape index (κ2) is 5.26. The third-order valence-corrected chi connectivity index (χ3v) is 3.71. The van der Waals surface area contributed by atoms with Gasteiger partial charge in [-0.3, -0.25) is 9.59 Å². The highest BCUT2D eigenvalue weighted by Gasteiger charge is 2.44. The first-order valence-corrected chi connectivity index (χ1v) is 6.34. The minimum atomic E-state index is -1.09. The van der Waals surface area contributed by atoms with Crippen molar-refractivity contribution in [1.82, 2.24) is 4.90 Å². The molecule has 2 N–H and O–H groups in total. The van der Waals surface area contributed by atoms with Crippen LogP contribution in [0.3, 0.4) is 0 Å². The number of amides is 1. The molecule has 0 aromatic heterocycles. The number of carbonyl (C=O) groups excluding carboxylic acids is 1. The lowest BCUT2D eigenvalue weighted by Crippen LogP contribution is -2.48. The van der Waals surface area contributed by atoms with Crippen molar-refractivity contribution in [2.24, 2.45) is 17.3 Å². The van der Waals surface area contributed by atoms with Crippen LogP contribution in [0.5, 0.6) is 0 Å². The van der Waals surface area contributed by atoms with Crippen LogP contribution in [-0.2, 0) is 9.59 Å². The molecular weight excluding hydrogens is 234 g/mol. The van der Waals surface area contributed by atoms with Gasteiger partial charge in [0.25, 0.3) is 0 Å². The molecule has 0 aliphatic carbocycles. The number of hydrogen-bond acceptors (Lipinski definition) is 3. The summed E-state index contributed by atoms with van der Waals surface area (Å²) in [5.74, 6) is -2.31. The molecule has 104 valence electrons. The van der Waals surface area contributed by atoms with Gasteiger partial charge in [-0.2, -0.15) is 0 Å². The van der Waals surface area contributed by atoms with Crippen molar-refractivity contribution >= 4 is 11.9 Å². The molecule has 0 aromatic carbocycles. The van der Waals surface area contributed by atoms with Gasteiger partial charge in [-0.1, -0.05) is 27.7 Å². The topological polar surface area (TPSA) is 77.8 Å². The van der Waals surface area contributed by atoms with Gasteiger partial charge in [-0.25, -0.2) is 0 Å². The fourth-order valence-corrected chi connectivity index (χ4v) is 2.57. The highest BCUT2D eigenvalue weighted by Crippen LogP contribution is 2.32. The molecule has 0 bridgehead atoms. The van der Waals surface area contributed by atoms with E-state index in [0.29, 0.717) is 6.54 Å². The van der Waals surface area contributed by atoms with Crippen molar-refractivity contribution < 1.29 is 19.8 Å². The van der Waals surface area contributed by atoms with Gasteiger partial charge in [-0.15, -0.1) is 0 Å². The third-order valence-electron chi connectivity index (χ3n) is 3.71. The summed E-state index contributed by atoms with van der Waals surface area (Å²) in [5, 5.41) is 18.6. The first-order valence-electron chi connectivity index (χ1n) is 6.34. The monoisotopic (exact) mass is 257 g/mol. The standard InChI is InChI=1S/C13H23NO4/c1-8-5-6-14(9(8)7-15)11(16)10(12(17)18)13(2,3)4/h8-10,15H,5-7H2,1-4H3,(H,17,18). The number of nitrogens with zero attached hydrogens (tertiary/aromatic N) is 1. The van der Waals surface area contributed by atoms with Gasteiger partial charge in [0.15, 0.2) is 0 Å². The van der Waals surface area contributed by atoms with Crippen LogP contribution in [0.15, 0.2) is 0 Å². The smallest absolute Gasteiger partial charge is 0.316 e. The van der Waals surface area contributed by atoms with Crippen LogP contribution in [-0.4, -0.2) is 46.2 Å². The minimum absolute atomic E-state index is 0.108. The van der Waals surface area contributed by atoms with Gasteiger partial charge < -0.3 is 15.1 Å². The molecule has 1 heterocycles. The molecule has 1 rings (SSSR count). The number of hydrogen-bond donors (Lipinski definition) is 2. The molecule has 3 atom stereocenters. The summed E-state index contributed by atoms with van der Waals surface area (Å²) in [6.45, 7) is 7.64. The van der Waals surface area contributed by atoms with Crippen molar-refractivity contribution in [3.8, 4) is 0 Å². The van der Waals surface area contributed by atoms with Crippen LogP contribution >= 0.6 is 0 Å². The fourth-order valence-electron chi connectivity index (χ4n) is 2.57. The van der Waals surface area contributed by atoms with E-state index in [1.165, 1.54) is 4.90 Å². The second-order valence-corrected chi connectivity index (χ2v) is 6.18. The van der Waals surface area contributed by atoms with Gasteiger partial charge in [0.2, 0.25) is 5.91 Å². The zero-order valence-corrected chi connectivity index (χ0v) is 11.5. The summed E-state index contributed by atoms with van der Waals surface area (Å²) < 4.78 is 0. The van der Waals surface area contributed by atoms with Crippen LogP contribution in [0.25, 0.3) is 0 Å². The van der Waals surface area contributed by atoms with Crippen molar-refractivity contribution in [3.05, 3.63) is 0 Å². The molecule has 3 unspecified atom stereocenters. The second-order valence-electron chi connectivity index (χ2n) is 6.18. The Morgan fingerprint density at radius 3 is 2.33 bits per heavy atom. The Labute approximate surface area is 108 Å². The van der Waals surface area contributed by atoms with E-state index in [1.807, 2.05) is 6.92 Å². The lowest BCUT2D eigenvalue weighted by Gasteiger charge is -2.33. The maximum absolute atomic E-state index is 12.4. The molecule has 18 heavy (non-hydrogen) atoms. The number of rotatable bonds is 3. The van der Waals surface area contributed by atoms with Crippen LogP contribution in [0.1, 0.15) is 34.1 Å². The van der Waals surface area contributed by atoms with Crippen molar-refractivity contribution in [2.75, 3.05) is 13.2 Å². The summed E-state index contributed by atoms with van der Waals surface area (Å²) in [4.78, 5) is 25.2.